The van der Waals surface area contributed by atoms with Gasteiger partial charge in [-0.1, -0.05) is 0 Å². The number of nitrogens with zero attached hydrogens (tertiary/aromatic N) is 1. The van der Waals surface area contributed by atoms with Gasteiger partial charge in [-0.15, -0.1) is 11.3 Å². The minimum absolute atomic E-state index is 0.193. The first-order valence-corrected chi connectivity index (χ1v) is 7.64. The van der Waals surface area contributed by atoms with Crippen molar-refractivity contribution in [3.63, 3.8) is 0 Å². The zero-order valence-corrected chi connectivity index (χ0v) is 13.3. The molecule has 0 aliphatic heterocycles. The smallest absolute Gasteiger partial charge is 0.125 e. The Kier molecular flexibility index (Phi) is 4.96. The SMILES string of the molecule is CNCc1cc(F)cc(N(C)Cc2csc(Br)c2)c1. The van der Waals surface area contributed by atoms with Crippen molar-refractivity contribution < 1.29 is 4.39 Å². The molecule has 0 saturated heterocycles. The summed E-state index contributed by atoms with van der Waals surface area (Å²) in [4.78, 5) is 2.05. The highest BCUT2D eigenvalue weighted by Gasteiger charge is 2.07. The average Bonchev–Trinajstić information content (AvgIpc) is 2.74. The van der Waals surface area contributed by atoms with Gasteiger partial charge in [0, 0.05) is 25.8 Å². The van der Waals surface area contributed by atoms with Crippen molar-refractivity contribution in [3.8, 4) is 0 Å². The molecule has 5 heteroatoms. The molecule has 0 bridgehead atoms. The Labute approximate surface area is 125 Å². The number of hydrogen-bond donors (Lipinski definition) is 1. The van der Waals surface area contributed by atoms with Crippen LogP contribution in [0, 0.1) is 5.82 Å². The van der Waals surface area contributed by atoms with Crippen LogP contribution in [0.4, 0.5) is 10.1 Å². The second kappa shape index (κ2) is 6.50. The van der Waals surface area contributed by atoms with Crippen molar-refractivity contribution in [2.75, 3.05) is 19.0 Å². The van der Waals surface area contributed by atoms with Crippen molar-refractivity contribution in [3.05, 3.63) is 50.4 Å². The molecule has 1 N–H and O–H groups in total. The van der Waals surface area contributed by atoms with Gasteiger partial charge >= 0.3 is 0 Å². The highest BCUT2D eigenvalue weighted by molar-refractivity contribution is 9.11. The number of benzene rings is 1. The molecule has 1 aromatic heterocycles. The lowest BCUT2D eigenvalue weighted by molar-refractivity contribution is 0.623. The Bertz CT molecular complexity index is 556. The van der Waals surface area contributed by atoms with E-state index in [0.717, 1.165) is 21.6 Å². The molecule has 0 spiro atoms. The molecule has 0 radical (unpaired) electrons. The summed E-state index contributed by atoms with van der Waals surface area (Å²) in [6.45, 7) is 1.44. The van der Waals surface area contributed by atoms with Crippen molar-refractivity contribution in [2.45, 2.75) is 13.1 Å². The first-order valence-electron chi connectivity index (χ1n) is 5.96. The van der Waals surface area contributed by atoms with Gasteiger partial charge in [-0.3, -0.25) is 0 Å². The lowest BCUT2D eigenvalue weighted by Crippen LogP contribution is -2.17. The highest BCUT2D eigenvalue weighted by Crippen LogP contribution is 2.24. The summed E-state index contributed by atoms with van der Waals surface area (Å²) in [6, 6.07) is 7.24. The Morgan fingerprint density at radius 2 is 2.05 bits per heavy atom. The predicted molar refractivity (Wildman–Crippen MR) is 83.3 cm³/mol. The third-order valence-corrected chi connectivity index (χ3v) is 4.36. The standard InChI is InChI=1S/C14H16BrFN2S/c1-17-7-10-3-12(16)6-13(4-10)18(2)8-11-5-14(15)19-9-11/h3-6,9,17H,7-8H2,1-2H3. The van der Waals surface area contributed by atoms with E-state index in [1.807, 2.05) is 20.2 Å². The van der Waals surface area contributed by atoms with Crippen molar-refractivity contribution >= 4 is 33.0 Å². The minimum atomic E-state index is -0.193. The summed E-state index contributed by atoms with van der Waals surface area (Å²) in [5.41, 5.74) is 3.07. The summed E-state index contributed by atoms with van der Waals surface area (Å²) >= 11 is 5.12. The molecule has 2 rings (SSSR count). The van der Waals surface area contributed by atoms with E-state index in [1.54, 1.807) is 23.5 Å². The second-order valence-corrected chi connectivity index (χ2v) is 6.75. The molecule has 0 unspecified atom stereocenters. The third kappa shape index (κ3) is 4.03. The molecule has 0 aliphatic rings. The fourth-order valence-corrected chi connectivity index (χ4v) is 3.15. The van der Waals surface area contributed by atoms with Crippen molar-refractivity contribution in [2.24, 2.45) is 0 Å². The topological polar surface area (TPSA) is 15.3 Å². The average molecular weight is 343 g/mol. The number of rotatable bonds is 5. The summed E-state index contributed by atoms with van der Waals surface area (Å²) in [5.74, 6) is -0.193. The summed E-state index contributed by atoms with van der Waals surface area (Å²) < 4.78 is 14.7. The van der Waals surface area contributed by atoms with Gasteiger partial charge in [-0.2, -0.15) is 0 Å². The normalized spacial score (nSPS) is 10.7. The number of thiophene rings is 1. The maximum absolute atomic E-state index is 13.6. The second-order valence-electron chi connectivity index (χ2n) is 4.46. The van der Waals surface area contributed by atoms with E-state index in [-0.39, 0.29) is 5.82 Å². The molecule has 0 saturated carbocycles. The molecule has 1 aromatic carbocycles. The Morgan fingerprint density at radius 3 is 2.68 bits per heavy atom. The molecule has 0 aliphatic carbocycles. The van der Waals surface area contributed by atoms with Crippen LogP contribution in [0.3, 0.4) is 0 Å². The molecule has 2 nitrogen and oxygen atoms in total. The van der Waals surface area contributed by atoms with Crippen molar-refractivity contribution in [1.29, 1.82) is 0 Å². The number of halogens is 2. The van der Waals surface area contributed by atoms with E-state index < -0.39 is 0 Å². The van der Waals surface area contributed by atoms with Crippen LogP contribution < -0.4 is 10.2 Å². The fraction of sp³-hybridized carbons (Fsp3) is 0.286. The molecule has 19 heavy (non-hydrogen) atoms. The molecular weight excluding hydrogens is 327 g/mol. The zero-order chi connectivity index (χ0) is 13.8. The maximum Gasteiger partial charge on any atom is 0.125 e. The summed E-state index contributed by atoms with van der Waals surface area (Å²) in [5, 5.41) is 5.15. The molecule has 0 fully saturated rings. The minimum Gasteiger partial charge on any atom is -0.370 e. The molecule has 102 valence electrons. The van der Waals surface area contributed by atoms with E-state index in [2.05, 4.69) is 37.6 Å². The van der Waals surface area contributed by atoms with Crippen LogP contribution in [0.5, 0.6) is 0 Å². The van der Waals surface area contributed by atoms with Gasteiger partial charge in [0.05, 0.1) is 3.79 Å². The van der Waals surface area contributed by atoms with E-state index in [1.165, 1.54) is 5.56 Å². The zero-order valence-electron chi connectivity index (χ0n) is 10.9. The van der Waals surface area contributed by atoms with Gasteiger partial charge in [-0.25, -0.2) is 4.39 Å². The van der Waals surface area contributed by atoms with Gasteiger partial charge in [0.25, 0.3) is 0 Å². The fourth-order valence-electron chi connectivity index (χ4n) is 1.95. The van der Waals surface area contributed by atoms with E-state index in [4.69, 9.17) is 0 Å². The van der Waals surface area contributed by atoms with Gasteiger partial charge in [0.15, 0.2) is 0 Å². The van der Waals surface area contributed by atoms with Gasteiger partial charge in [0.2, 0.25) is 0 Å². The molecule has 2 aromatic rings. The Morgan fingerprint density at radius 1 is 1.26 bits per heavy atom. The Hall–Kier alpha value is -0.910. The quantitative estimate of drug-likeness (QED) is 0.883. The summed E-state index contributed by atoms with van der Waals surface area (Å²) in [7, 11) is 3.83. The molecule has 0 amide bonds. The van der Waals surface area contributed by atoms with Crippen LogP contribution in [0.1, 0.15) is 11.1 Å². The molecular formula is C14H16BrFN2S. The third-order valence-electron chi connectivity index (χ3n) is 2.81. The van der Waals surface area contributed by atoms with Crippen LogP contribution >= 0.6 is 27.3 Å². The number of nitrogens with one attached hydrogen (secondary N) is 1. The number of anilines is 1. The first kappa shape index (κ1) is 14.5. The van der Waals surface area contributed by atoms with E-state index in [0.29, 0.717) is 6.54 Å². The lowest BCUT2D eigenvalue weighted by Gasteiger charge is -2.19. The molecule has 0 atom stereocenters. The van der Waals surface area contributed by atoms with Crippen LogP contribution in [-0.2, 0) is 13.1 Å². The maximum atomic E-state index is 13.6. The highest BCUT2D eigenvalue weighted by atomic mass is 79.9. The monoisotopic (exact) mass is 342 g/mol. The van der Waals surface area contributed by atoms with Crippen LogP contribution in [0.25, 0.3) is 0 Å². The number of hydrogen-bond acceptors (Lipinski definition) is 3. The molecule has 1 heterocycles. The van der Waals surface area contributed by atoms with E-state index >= 15 is 0 Å². The first-order chi connectivity index (χ1) is 9.08. The predicted octanol–water partition coefficient (Wildman–Crippen LogP) is 4.01. The Balaban J connectivity index is 2.15. The van der Waals surface area contributed by atoms with Crippen LogP contribution in [0.2, 0.25) is 0 Å². The van der Waals surface area contributed by atoms with Gasteiger partial charge in [0.1, 0.15) is 5.82 Å². The lowest BCUT2D eigenvalue weighted by atomic mass is 10.1. The summed E-state index contributed by atoms with van der Waals surface area (Å²) in [6.07, 6.45) is 0. The largest absolute Gasteiger partial charge is 0.370 e. The van der Waals surface area contributed by atoms with E-state index in [9.17, 15) is 4.39 Å². The van der Waals surface area contributed by atoms with Gasteiger partial charge < -0.3 is 10.2 Å². The van der Waals surface area contributed by atoms with Crippen LogP contribution in [0.15, 0.2) is 33.4 Å². The van der Waals surface area contributed by atoms with Crippen molar-refractivity contribution in [1.82, 2.24) is 5.32 Å². The van der Waals surface area contributed by atoms with Crippen LogP contribution in [-0.4, -0.2) is 14.1 Å². The van der Waals surface area contributed by atoms with Gasteiger partial charge in [-0.05, 0) is 63.8 Å².